The zero-order valence-electron chi connectivity index (χ0n) is 13.1. The number of nitrogens with one attached hydrogen (secondary N) is 1. The number of aryl methyl sites for hydroxylation is 1. The quantitative estimate of drug-likeness (QED) is 0.837. The number of nitrogens with zero attached hydrogens (tertiary/aromatic N) is 2. The van der Waals surface area contributed by atoms with Gasteiger partial charge in [-0.25, -0.2) is 0 Å². The molecular weight excluding hydrogens is 266 g/mol. The number of rotatable bonds is 2. The van der Waals surface area contributed by atoms with Crippen LogP contribution < -0.4 is 4.90 Å². The minimum Gasteiger partial charge on any atom is -0.377 e. The molecule has 0 amide bonds. The Morgan fingerprint density at radius 2 is 1.85 bits per heavy atom. The summed E-state index contributed by atoms with van der Waals surface area (Å²) < 4.78 is 2.87. The molecule has 2 rings (SSSR count). The van der Waals surface area contributed by atoms with Gasteiger partial charge in [-0.15, -0.1) is 0 Å². The van der Waals surface area contributed by atoms with E-state index in [0.717, 1.165) is 10.5 Å². The first-order chi connectivity index (χ1) is 9.21. The van der Waals surface area contributed by atoms with E-state index in [0.29, 0.717) is 0 Å². The first-order valence-corrected chi connectivity index (χ1v) is 7.22. The van der Waals surface area contributed by atoms with E-state index in [1.807, 2.05) is 6.20 Å². The molecule has 0 saturated carbocycles. The van der Waals surface area contributed by atoms with Crippen LogP contribution >= 0.6 is 12.2 Å². The fourth-order valence-corrected chi connectivity index (χ4v) is 2.66. The van der Waals surface area contributed by atoms with Crippen LogP contribution in [0.1, 0.15) is 32.0 Å². The van der Waals surface area contributed by atoms with Crippen molar-refractivity contribution in [3.63, 3.8) is 0 Å². The minimum absolute atomic E-state index is 0.0384. The van der Waals surface area contributed by atoms with Gasteiger partial charge in [-0.1, -0.05) is 26.8 Å². The standard InChI is InChI=1S/C16H23N3S/c1-11-7-8-12(9-13(11)18(5)6)19-14(16(2,3)4)10-17-15(19)20/h7-10H,1-6H3,(H,17,20). The summed E-state index contributed by atoms with van der Waals surface area (Å²) in [6.45, 7) is 8.72. The lowest BCUT2D eigenvalue weighted by Gasteiger charge is -2.22. The maximum Gasteiger partial charge on any atom is 0.182 e. The van der Waals surface area contributed by atoms with E-state index in [1.54, 1.807) is 0 Å². The topological polar surface area (TPSA) is 24.0 Å². The number of imidazole rings is 1. The molecule has 1 aromatic carbocycles. The van der Waals surface area contributed by atoms with Crippen LogP contribution in [-0.2, 0) is 5.41 Å². The Morgan fingerprint density at radius 3 is 2.40 bits per heavy atom. The summed E-state index contributed by atoms with van der Waals surface area (Å²) in [5.41, 5.74) is 4.81. The average Bonchev–Trinajstić information content (AvgIpc) is 2.71. The van der Waals surface area contributed by atoms with Crippen molar-refractivity contribution >= 4 is 17.9 Å². The number of H-pyrrole nitrogens is 1. The predicted molar refractivity (Wildman–Crippen MR) is 88.7 cm³/mol. The van der Waals surface area contributed by atoms with Gasteiger partial charge >= 0.3 is 0 Å². The summed E-state index contributed by atoms with van der Waals surface area (Å²) in [6.07, 6.45) is 2.01. The number of hydrogen-bond acceptors (Lipinski definition) is 2. The monoisotopic (exact) mass is 289 g/mol. The van der Waals surface area contributed by atoms with E-state index < -0.39 is 0 Å². The molecule has 0 bridgehead atoms. The van der Waals surface area contributed by atoms with Crippen molar-refractivity contribution in [1.29, 1.82) is 0 Å². The summed E-state index contributed by atoms with van der Waals surface area (Å²) in [7, 11) is 4.13. The van der Waals surface area contributed by atoms with Gasteiger partial charge in [-0.2, -0.15) is 0 Å². The molecule has 0 fully saturated rings. The SMILES string of the molecule is Cc1ccc(-n2c(C(C)(C)C)c[nH]c2=S)cc1N(C)C. The van der Waals surface area contributed by atoms with Crippen molar-refractivity contribution in [2.24, 2.45) is 0 Å². The summed E-state index contributed by atoms with van der Waals surface area (Å²) in [6, 6.07) is 6.46. The van der Waals surface area contributed by atoms with Gasteiger partial charge < -0.3 is 9.88 Å². The van der Waals surface area contributed by atoms with Gasteiger partial charge in [-0.3, -0.25) is 4.57 Å². The lowest BCUT2D eigenvalue weighted by Crippen LogP contribution is -2.17. The second-order valence-electron chi connectivity index (χ2n) is 6.43. The van der Waals surface area contributed by atoms with Crippen molar-refractivity contribution in [2.75, 3.05) is 19.0 Å². The van der Waals surface area contributed by atoms with Crippen LogP contribution in [0.4, 0.5) is 5.69 Å². The molecule has 0 unspecified atom stereocenters. The van der Waals surface area contributed by atoms with E-state index in [4.69, 9.17) is 12.2 Å². The van der Waals surface area contributed by atoms with Gasteiger partial charge in [0.15, 0.2) is 4.77 Å². The summed E-state index contributed by atoms with van der Waals surface area (Å²) in [5, 5.41) is 0. The van der Waals surface area contributed by atoms with Gasteiger partial charge in [0.05, 0.1) is 5.69 Å². The van der Waals surface area contributed by atoms with Crippen molar-refractivity contribution in [1.82, 2.24) is 9.55 Å². The molecule has 0 aliphatic rings. The van der Waals surface area contributed by atoms with E-state index in [2.05, 4.69) is 74.4 Å². The van der Waals surface area contributed by atoms with E-state index in [1.165, 1.54) is 16.9 Å². The first kappa shape index (κ1) is 14.9. The molecule has 1 aromatic heterocycles. The average molecular weight is 289 g/mol. The molecule has 4 heteroatoms. The molecule has 0 atom stereocenters. The van der Waals surface area contributed by atoms with Crippen LogP contribution in [0.5, 0.6) is 0 Å². The van der Waals surface area contributed by atoms with Crippen molar-refractivity contribution in [3.05, 3.63) is 40.4 Å². The van der Waals surface area contributed by atoms with Crippen LogP contribution in [0.25, 0.3) is 5.69 Å². The number of aromatic amines is 1. The molecule has 1 N–H and O–H groups in total. The Labute approximate surface area is 126 Å². The zero-order chi connectivity index (χ0) is 15.1. The highest BCUT2D eigenvalue weighted by molar-refractivity contribution is 7.71. The molecule has 0 aliphatic heterocycles. The minimum atomic E-state index is 0.0384. The van der Waals surface area contributed by atoms with Crippen molar-refractivity contribution < 1.29 is 0 Å². The smallest absolute Gasteiger partial charge is 0.182 e. The second-order valence-corrected chi connectivity index (χ2v) is 6.82. The Balaban J connectivity index is 2.67. The maximum absolute atomic E-state index is 5.46. The Bertz CT molecular complexity index is 672. The van der Waals surface area contributed by atoms with Crippen LogP contribution in [0.15, 0.2) is 24.4 Å². The van der Waals surface area contributed by atoms with Crippen LogP contribution in [-0.4, -0.2) is 23.6 Å². The number of aromatic nitrogens is 2. The molecule has 108 valence electrons. The largest absolute Gasteiger partial charge is 0.377 e. The molecule has 0 spiro atoms. The van der Waals surface area contributed by atoms with E-state index in [-0.39, 0.29) is 5.41 Å². The maximum atomic E-state index is 5.46. The van der Waals surface area contributed by atoms with Crippen LogP contribution in [0.2, 0.25) is 0 Å². The normalized spacial score (nSPS) is 11.7. The van der Waals surface area contributed by atoms with Gasteiger partial charge in [0.25, 0.3) is 0 Å². The number of hydrogen-bond donors (Lipinski definition) is 1. The third-order valence-corrected chi connectivity index (χ3v) is 3.78. The fraction of sp³-hybridized carbons (Fsp3) is 0.438. The predicted octanol–water partition coefficient (Wildman–Crippen LogP) is 4.21. The lowest BCUT2D eigenvalue weighted by atomic mass is 9.92. The van der Waals surface area contributed by atoms with Crippen LogP contribution in [0, 0.1) is 11.7 Å². The summed E-state index contributed by atoms with van der Waals surface area (Å²) in [4.78, 5) is 5.30. The van der Waals surface area contributed by atoms with E-state index >= 15 is 0 Å². The van der Waals surface area contributed by atoms with E-state index in [9.17, 15) is 0 Å². The third kappa shape index (κ3) is 2.66. The van der Waals surface area contributed by atoms with Gasteiger partial charge in [0.1, 0.15) is 0 Å². The molecule has 0 aliphatic carbocycles. The summed E-state index contributed by atoms with van der Waals surface area (Å²) >= 11 is 5.46. The highest BCUT2D eigenvalue weighted by atomic mass is 32.1. The highest BCUT2D eigenvalue weighted by Crippen LogP contribution is 2.28. The molecule has 0 radical (unpaired) electrons. The van der Waals surface area contributed by atoms with Crippen molar-refractivity contribution in [3.8, 4) is 5.69 Å². The molecular formula is C16H23N3S. The molecule has 0 saturated heterocycles. The molecule has 20 heavy (non-hydrogen) atoms. The Hall–Kier alpha value is -1.55. The van der Waals surface area contributed by atoms with Crippen LogP contribution in [0.3, 0.4) is 0 Å². The lowest BCUT2D eigenvalue weighted by molar-refractivity contribution is 0.556. The van der Waals surface area contributed by atoms with Gasteiger partial charge in [0, 0.05) is 37.1 Å². The summed E-state index contributed by atoms with van der Waals surface area (Å²) in [5.74, 6) is 0. The number of anilines is 1. The zero-order valence-corrected chi connectivity index (χ0v) is 13.9. The second kappa shape index (κ2) is 5.09. The van der Waals surface area contributed by atoms with Crippen molar-refractivity contribution in [2.45, 2.75) is 33.1 Å². The van der Waals surface area contributed by atoms with Gasteiger partial charge in [-0.05, 0) is 36.8 Å². The molecule has 1 heterocycles. The fourth-order valence-electron chi connectivity index (χ4n) is 2.40. The Kier molecular flexibility index (Phi) is 3.78. The molecule has 3 nitrogen and oxygen atoms in total. The third-order valence-electron chi connectivity index (χ3n) is 3.48. The first-order valence-electron chi connectivity index (χ1n) is 6.81. The number of benzene rings is 1. The highest BCUT2D eigenvalue weighted by Gasteiger charge is 2.20. The Morgan fingerprint density at radius 1 is 1.20 bits per heavy atom. The van der Waals surface area contributed by atoms with Gasteiger partial charge in [0.2, 0.25) is 0 Å². The molecule has 2 aromatic rings.